The van der Waals surface area contributed by atoms with Crippen LogP contribution in [-0.2, 0) is 11.3 Å². The minimum absolute atomic E-state index is 0.250. The van der Waals surface area contributed by atoms with Crippen LogP contribution in [0.25, 0.3) is 0 Å². The highest BCUT2D eigenvalue weighted by Gasteiger charge is 2.33. The SMILES string of the molecule is Cc1ccc(CN2C(=O)c3ccccc3O[C@H](C)C2=O)cc1. The van der Waals surface area contributed by atoms with Gasteiger partial charge in [-0.1, -0.05) is 42.0 Å². The molecule has 22 heavy (non-hydrogen) atoms. The number of nitrogens with zero attached hydrogens (tertiary/aromatic N) is 1. The monoisotopic (exact) mass is 295 g/mol. The molecule has 1 atom stereocenters. The van der Waals surface area contributed by atoms with Crippen LogP contribution in [0.4, 0.5) is 0 Å². The highest BCUT2D eigenvalue weighted by atomic mass is 16.5. The lowest BCUT2D eigenvalue weighted by Crippen LogP contribution is -2.41. The highest BCUT2D eigenvalue weighted by molar-refractivity contribution is 6.08. The number of carbonyl (C=O) groups excluding carboxylic acids is 2. The normalized spacial score (nSPS) is 17.7. The second kappa shape index (κ2) is 5.64. The zero-order valence-corrected chi connectivity index (χ0v) is 12.6. The molecule has 2 aromatic carbocycles. The number of fused-ring (bicyclic) bond motifs is 1. The average Bonchev–Trinajstić information content (AvgIpc) is 2.61. The van der Waals surface area contributed by atoms with Crippen molar-refractivity contribution >= 4 is 11.8 Å². The number of ether oxygens (including phenoxy) is 1. The van der Waals surface area contributed by atoms with Crippen LogP contribution in [0.1, 0.15) is 28.4 Å². The third-order valence-electron chi connectivity index (χ3n) is 3.74. The van der Waals surface area contributed by atoms with Gasteiger partial charge in [0.05, 0.1) is 12.1 Å². The van der Waals surface area contributed by atoms with Gasteiger partial charge in [-0.15, -0.1) is 0 Å². The summed E-state index contributed by atoms with van der Waals surface area (Å²) in [5, 5.41) is 0. The number of amides is 2. The second-order valence-corrected chi connectivity index (χ2v) is 5.47. The molecule has 0 N–H and O–H groups in total. The van der Waals surface area contributed by atoms with E-state index in [1.165, 1.54) is 4.90 Å². The molecule has 1 heterocycles. The topological polar surface area (TPSA) is 46.6 Å². The molecule has 1 aliphatic heterocycles. The van der Waals surface area contributed by atoms with Gasteiger partial charge in [-0.3, -0.25) is 14.5 Å². The maximum absolute atomic E-state index is 12.7. The standard InChI is InChI=1S/C18H17NO3/c1-12-7-9-14(10-8-12)11-19-17(20)13(2)22-16-6-4-3-5-15(16)18(19)21/h3-10,13H,11H2,1-2H3/t13-/m1/s1. The number of hydrogen-bond acceptors (Lipinski definition) is 3. The summed E-state index contributed by atoms with van der Waals surface area (Å²) in [6.45, 7) is 3.91. The van der Waals surface area contributed by atoms with Crippen LogP contribution in [0.5, 0.6) is 5.75 Å². The number of rotatable bonds is 2. The van der Waals surface area contributed by atoms with Crippen molar-refractivity contribution in [2.75, 3.05) is 0 Å². The van der Waals surface area contributed by atoms with E-state index in [0.29, 0.717) is 11.3 Å². The average molecular weight is 295 g/mol. The molecule has 0 radical (unpaired) electrons. The molecule has 112 valence electrons. The maximum atomic E-state index is 12.7. The molecular weight excluding hydrogens is 278 g/mol. The van der Waals surface area contributed by atoms with Crippen molar-refractivity contribution in [2.24, 2.45) is 0 Å². The van der Waals surface area contributed by atoms with Crippen molar-refractivity contribution in [3.05, 3.63) is 65.2 Å². The molecule has 4 heteroatoms. The molecule has 2 aromatic rings. The molecule has 0 saturated heterocycles. The predicted molar refractivity (Wildman–Crippen MR) is 82.6 cm³/mol. The number of aryl methyl sites for hydroxylation is 1. The zero-order chi connectivity index (χ0) is 15.7. The van der Waals surface area contributed by atoms with Gasteiger partial charge in [0.25, 0.3) is 11.8 Å². The van der Waals surface area contributed by atoms with Gasteiger partial charge >= 0.3 is 0 Å². The van der Waals surface area contributed by atoms with E-state index in [1.807, 2.05) is 31.2 Å². The Bertz CT molecular complexity index is 721. The Morgan fingerprint density at radius 2 is 1.73 bits per heavy atom. The van der Waals surface area contributed by atoms with E-state index < -0.39 is 6.10 Å². The molecule has 0 aliphatic carbocycles. The summed E-state index contributed by atoms with van der Waals surface area (Å²) in [5.41, 5.74) is 2.48. The zero-order valence-electron chi connectivity index (χ0n) is 12.6. The molecular formula is C18H17NO3. The molecule has 0 unspecified atom stereocenters. The molecule has 0 aromatic heterocycles. The van der Waals surface area contributed by atoms with Crippen molar-refractivity contribution in [3.8, 4) is 5.75 Å². The third kappa shape index (κ3) is 2.60. The lowest BCUT2D eigenvalue weighted by atomic mass is 10.1. The van der Waals surface area contributed by atoms with Crippen LogP contribution in [0.3, 0.4) is 0 Å². The van der Waals surface area contributed by atoms with Gasteiger partial charge in [0, 0.05) is 0 Å². The Morgan fingerprint density at radius 1 is 1.05 bits per heavy atom. The summed E-state index contributed by atoms with van der Waals surface area (Å²) in [6.07, 6.45) is -0.682. The van der Waals surface area contributed by atoms with Crippen LogP contribution >= 0.6 is 0 Å². The van der Waals surface area contributed by atoms with Gasteiger partial charge in [-0.25, -0.2) is 0 Å². The van der Waals surface area contributed by atoms with Crippen molar-refractivity contribution in [2.45, 2.75) is 26.5 Å². The molecule has 3 rings (SSSR count). The molecule has 2 amide bonds. The minimum Gasteiger partial charge on any atom is -0.480 e. The van der Waals surface area contributed by atoms with Gasteiger partial charge in [0.2, 0.25) is 0 Å². The minimum atomic E-state index is -0.682. The van der Waals surface area contributed by atoms with Gasteiger partial charge < -0.3 is 4.74 Å². The first-order valence-corrected chi connectivity index (χ1v) is 7.23. The summed E-state index contributed by atoms with van der Waals surface area (Å²) >= 11 is 0. The van der Waals surface area contributed by atoms with E-state index in [0.717, 1.165) is 11.1 Å². The van der Waals surface area contributed by atoms with E-state index in [-0.39, 0.29) is 18.4 Å². The maximum Gasteiger partial charge on any atom is 0.270 e. The third-order valence-corrected chi connectivity index (χ3v) is 3.74. The van der Waals surface area contributed by atoms with Gasteiger partial charge in [-0.05, 0) is 31.5 Å². The first kappa shape index (κ1) is 14.3. The molecule has 0 fully saturated rings. The number of carbonyl (C=O) groups is 2. The fourth-order valence-electron chi connectivity index (χ4n) is 2.48. The molecule has 0 bridgehead atoms. The van der Waals surface area contributed by atoms with E-state index in [4.69, 9.17) is 4.74 Å². The Kier molecular flexibility index (Phi) is 3.67. The molecule has 0 spiro atoms. The number of imide groups is 1. The fraction of sp³-hybridized carbons (Fsp3) is 0.222. The lowest BCUT2D eigenvalue weighted by Gasteiger charge is -2.20. The first-order valence-electron chi connectivity index (χ1n) is 7.23. The summed E-state index contributed by atoms with van der Waals surface area (Å²) in [5.74, 6) is -0.174. The number of para-hydroxylation sites is 1. The van der Waals surface area contributed by atoms with E-state index in [9.17, 15) is 9.59 Å². The second-order valence-electron chi connectivity index (χ2n) is 5.47. The Labute approximate surface area is 129 Å². The van der Waals surface area contributed by atoms with Crippen molar-refractivity contribution < 1.29 is 14.3 Å². The first-order chi connectivity index (χ1) is 10.6. The van der Waals surface area contributed by atoms with Crippen LogP contribution in [0.15, 0.2) is 48.5 Å². The summed E-state index contributed by atoms with van der Waals surface area (Å²) in [7, 11) is 0. The molecule has 4 nitrogen and oxygen atoms in total. The fourth-order valence-corrected chi connectivity index (χ4v) is 2.48. The van der Waals surface area contributed by atoms with Crippen LogP contribution in [0, 0.1) is 6.92 Å². The van der Waals surface area contributed by atoms with E-state index in [1.54, 1.807) is 31.2 Å². The van der Waals surface area contributed by atoms with Crippen LogP contribution in [0.2, 0.25) is 0 Å². The number of hydrogen-bond donors (Lipinski definition) is 0. The van der Waals surface area contributed by atoms with Gasteiger partial charge in [0.1, 0.15) is 5.75 Å². The largest absolute Gasteiger partial charge is 0.480 e. The van der Waals surface area contributed by atoms with Crippen molar-refractivity contribution in [1.82, 2.24) is 4.90 Å². The quantitative estimate of drug-likeness (QED) is 0.800. The molecule has 0 saturated carbocycles. The van der Waals surface area contributed by atoms with Crippen LogP contribution in [-0.4, -0.2) is 22.8 Å². The lowest BCUT2D eigenvalue weighted by molar-refractivity contribution is -0.135. The highest BCUT2D eigenvalue weighted by Crippen LogP contribution is 2.26. The van der Waals surface area contributed by atoms with Gasteiger partial charge in [-0.2, -0.15) is 0 Å². The van der Waals surface area contributed by atoms with Crippen molar-refractivity contribution in [3.63, 3.8) is 0 Å². The van der Waals surface area contributed by atoms with Crippen molar-refractivity contribution in [1.29, 1.82) is 0 Å². The smallest absolute Gasteiger partial charge is 0.270 e. The van der Waals surface area contributed by atoms with Crippen LogP contribution < -0.4 is 4.74 Å². The summed E-state index contributed by atoms with van der Waals surface area (Å²) in [4.78, 5) is 26.4. The molecule has 1 aliphatic rings. The summed E-state index contributed by atoms with van der Waals surface area (Å²) < 4.78 is 5.61. The van der Waals surface area contributed by atoms with E-state index >= 15 is 0 Å². The Hall–Kier alpha value is -2.62. The van der Waals surface area contributed by atoms with E-state index in [2.05, 4.69) is 0 Å². The van der Waals surface area contributed by atoms with Gasteiger partial charge in [0.15, 0.2) is 6.10 Å². The predicted octanol–water partition coefficient (Wildman–Crippen LogP) is 2.94. The Balaban J connectivity index is 1.96. The number of benzene rings is 2. The summed E-state index contributed by atoms with van der Waals surface area (Å²) in [6, 6.07) is 14.8. The Morgan fingerprint density at radius 3 is 2.45 bits per heavy atom.